The molecular weight excluding hydrogens is 254 g/mol. The lowest BCUT2D eigenvalue weighted by molar-refractivity contribution is -0.139. The summed E-state index contributed by atoms with van der Waals surface area (Å²) in [5, 5.41) is 2.77. The molecule has 1 fully saturated rings. The van der Waals surface area contributed by atoms with E-state index in [4.69, 9.17) is 0 Å². The predicted molar refractivity (Wildman–Crippen MR) is 75.8 cm³/mol. The minimum Gasteiger partial charge on any atom is -0.342 e. The lowest BCUT2D eigenvalue weighted by Gasteiger charge is -2.31. The molecule has 2 amide bonds. The van der Waals surface area contributed by atoms with Crippen molar-refractivity contribution in [3.63, 3.8) is 0 Å². The fourth-order valence-electron chi connectivity index (χ4n) is 2.48. The highest BCUT2D eigenvalue weighted by Crippen LogP contribution is 2.20. The Morgan fingerprint density at radius 1 is 1.40 bits per heavy atom. The molecule has 5 nitrogen and oxygen atoms in total. The van der Waals surface area contributed by atoms with Crippen molar-refractivity contribution in [1.29, 1.82) is 0 Å². The molecule has 1 aliphatic rings. The minimum absolute atomic E-state index is 0.0702. The van der Waals surface area contributed by atoms with Crippen LogP contribution in [0.4, 0.5) is 0 Å². The molecule has 2 rings (SSSR count). The number of rotatable bonds is 2. The van der Waals surface area contributed by atoms with Gasteiger partial charge >= 0.3 is 0 Å². The summed E-state index contributed by atoms with van der Waals surface area (Å²) in [4.78, 5) is 30.6. The molecule has 0 aliphatic carbocycles. The molecule has 0 bridgehead atoms. The summed E-state index contributed by atoms with van der Waals surface area (Å²) in [6.07, 6.45) is 0.320. The number of carbonyl (C=O) groups is 2. The fourth-order valence-corrected chi connectivity index (χ4v) is 2.48. The van der Waals surface area contributed by atoms with E-state index in [-0.39, 0.29) is 17.9 Å². The van der Waals surface area contributed by atoms with Gasteiger partial charge in [-0.15, -0.1) is 0 Å². The Bertz CT molecular complexity index is 540. The van der Waals surface area contributed by atoms with E-state index in [0.29, 0.717) is 13.0 Å². The molecule has 5 heteroatoms. The number of hydrogen-bond acceptors (Lipinski definition) is 3. The van der Waals surface area contributed by atoms with E-state index < -0.39 is 5.54 Å². The SMILES string of the molecule is Cc1cccc(CN2C(=O)C(C)(C)NC(=O)CC2C)n1. The summed E-state index contributed by atoms with van der Waals surface area (Å²) in [5.74, 6) is -0.158. The Morgan fingerprint density at radius 3 is 2.75 bits per heavy atom. The van der Waals surface area contributed by atoms with Crippen LogP contribution < -0.4 is 5.32 Å². The predicted octanol–water partition coefficient (Wildman–Crippen LogP) is 1.41. The highest BCUT2D eigenvalue weighted by atomic mass is 16.2. The zero-order valence-corrected chi connectivity index (χ0v) is 12.4. The van der Waals surface area contributed by atoms with Crippen LogP contribution in [0.2, 0.25) is 0 Å². The molecule has 20 heavy (non-hydrogen) atoms. The van der Waals surface area contributed by atoms with Gasteiger partial charge < -0.3 is 10.2 Å². The number of nitrogens with one attached hydrogen (secondary N) is 1. The molecule has 1 atom stereocenters. The molecule has 1 aromatic rings. The van der Waals surface area contributed by atoms with Crippen LogP contribution in [0.1, 0.15) is 38.6 Å². The van der Waals surface area contributed by atoms with Crippen molar-refractivity contribution in [1.82, 2.24) is 15.2 Å². The van der Waals surface area contributed by atoms with Gasteiger partial charge in [-0.1, -0.05) is 6.07 Å². The highest BCUT2D eigenvalue weighted by Gasteiger charge is 2.39. The number of aromatic nitrogens is 1. The molecule has 1 saturated heterocycles. The zero-order valence-electron chi connectivity index (χ0n) is 12.4. The molecule has 1 aromatic heterocycles. The van der Waals surface area contributed by atoms with E-state index in [2.05, 4.69) is 10.3 Å². The maximum absolute atomic E-state index is 12.6. The zero-order chi connectivity index (χ0) is 14.9. The smallest absolute Gasteiger partial charge is 0.248 e. The van der Waals surface area contributed by atoms with Crippen molar-refractivity contribution in [3.8, 4) is 0 Å². The molecule has 1 N–H and O–H groups in total. The third-order valence-corrected chi connectivity index (χ3v) is 3.54. The number of pyridine rings is 1. The standard InChI is InChI=1S/C15H21N3O2/c1-10-6-5-7-12(16-10)9-18-11(2)8-13(19)17-15(3,4)14(18)20/h5-7,11H,8-9H2,1-4H3,(H,17,19). The average molecular weight is 275 g/mol. The lowest BCUT2D eigenvalue weighted by atomic mass is 10.0. The summed E-state index contributed by atoms with van der Waals surface area (Å²) in [5.41, 5.74) is 0.896. The largest absolute Gasteiger partial charge is 0.342 e. The summed E-state index contributed by atoms with van der Waals surface area (Å²) in [6.45, 7) is 7.73. The molecule has 2 heterocycles. The fraction of sp³-hybridized carbons (Fsp3) is 0.533. The van der Waals surface area contributed by atoms with Crippen LogP contribution in [0.25, 0.3) is 0 Å². The summed E-state index contributed by atoms with van der Waals surface area (Å²) < 4.78 is 0. The van der Waals surface area contributed by atoms with Gasteiger partial charge in [0, 0.05) is 18.2 Å². The second kappa shape index (κ2) is 5.23. The highest BCUT2D eigenvalue weighted by molar-refractivity contribution is 5.93. The molecule has 0 radical (unpaired) electrons. The third-order valence-electron chi connectivity index (χ3n) is 3.54. The van der Waals surface area contributed by atoms with E-state index in [0.717, 1.165) is 11.4 Å². The van der Waals surface area contributed by atoms with Crippen molar-refractivity contribution in [2.24, 2.45) is 0 Å². The Kier molecular flexibility index (Phi) is 3.79. The molecule has 1 unspecified atom stereocenters. The second-order valence-electron chi connectivity index (χ2n) is 5.93. The van der Waals surface area contributed by atoms with Crippen LogP contribution in [-0.4, -0.2) is 33.3 Å². The van der Waals surface area contributed by atoms with Crippen molar-refractivity contribution in [2.45, 2.75) is 52.2 Å². The van der Waals surface area contributed by atoms with Gasteiger partial charge in [-0.2, -0.15) is 0 Å². The van der Waals surface area contributed by atoms with Gasteiger partial charge in [-0.25, -0.2) is 0 Å². The molecular formula is C15H21N3O2. The van der Waals surface area contributed by atoms with Crippen LogP contribution in [0.5, 0.6) is 0 Å². The normalized spacial score (nSPS) is 22.4. The van der Waals surface area contributed by atoms with Gasteiger partial charge in [0.25, 0.3) is 0 Å². The van der Waals surface area contributed by atoms with Crippen molar-refractivity contribution in [2.75, 3.05) is 0 Å². The third kappa shape index (κ3) is 2.98. The van der Waals surface area contributed by atoms with E-state index in [1.54, 1.807) is 18.7 Å². The van der Waals surface area contributed by atoms with Crippen molar-refractivity contribution < 1.29 is 9.59 Å². The van der Waals surface area contributed by atoms with E-state index in [1.165, 1.54) is 0 Å². The lowest BCUT2D eigenvalue weighted by Crippen LogP contribution is -2.53. The summed E-state index contributed by atoms with van der Waals surface area (Å²) >= 11 is 0. The second-order valence-corrected chi connectivity index (χ2v) is 5.93. The molecule has 0 saturated carbocycles. The topological polar surface area (TPSA) is 62.3 Å². The van der Waals surface area contributed by atoms with E-state index in [1.807, 2.05) is 32.0 Å². The number of aryl methyl sites for hydroxylation is 1. The molecule has 1 aliphatic heterocycles. The van der Waals surface area contributed by atoms with Crippen LogP contribution in [0.3, 0.4) is 0 Å². The van der Waals surface area contributed by atoms with Crippen LogP contribution in [0, 0.1) is 6.92 Å². The van der Waals surface area contributed by atoms with E-state index in [9.17, 15) is 9.59 Å². The van der Waals surface area contributed by atoms with Gasteiger partial charge in [0.1, 0.15) is 5.54 Å². The molecule has 0 aromatic carbocycles. The Hall–Kier alpha value is -1.91. The van der Waals surface area contributed by atoms with Crippen LogP contribution in [-0.2, 0) is 16.1 Å². The number of hydrogen-bond donors (Lipinski definition) is 1. The summed E-state index contributed by atoms with van der Waals surface area (Å²) in [6, 6.07) is 5.62. The first-order valence-electron chi connectivity index (χ1n) is 6.84. The minimum atomic E-state index is -0.869. The first-order chi connectivity index (χ1) is 9.29. The van der Waals surface area contributed by atoms with Gasteiger partial charge in [0.15, 0.2) is 0 Å². The monoisotopic (exact) mass is 275 g/mol. The van der Waals surface area contributed by atoms with Crippen molar-refractivity contribution >= 4 is 11.8 Å². The Labute approximate surface area is 119 Å². The number of nitrogens with zero attached hydrogens (tertiary/aromatic N) is 2. The Morgan fingerprint density at radius 2 is 2.10 bits per heavy atom. The van der Waals surface area contributed by atoms with Crippen LogP contribution >= 0.6 is 0 Å². The van der Waals surface area contributed by atoms with Gasteiger partial charge in [0.05, 0.1) is 12.2 Å². The molecule has 0 spiro atoms. The average Bonchev–Trinajstić information content (AvgIpc) is 2.39. The quantitative estimate of drug-likeness (QED) is 0.887. The van der Waals surface area contributed by atoms with Gasteiger partial charge in [0.2, 0.25) is 11.8 Å². The van der Waals surface area contributed by atoms with E-state index >= 15 is 0 Å². The maximum Gasteiger partial charge on any atom is 0.248 e. The van der Waals surface area contributed by atoms with Crippen molar-refractivity contribution in [3.05, 3.63) is 29.6 Å². The first-order valence-corrected chi connectivity index (χ1v) is 6.84. The molecule has 108 valence electrons. The first kappa shape index (κ1) is 14.5. The number of amides is 2. The maximum atomic E-state index is 12.6. The van der Waals surface area contributed by atoms with Gasteiger partial charge in [-0.3, -0.25) is 14.6 Å². The number of carbonyl (C=O) groups excluding carboxylic acids is 2. The summed E-state index contributed by atoms with van der Waals surface area (Å²) in [7, 11) is 0. The Balaban J connectivity index is 2.28. The van der Waals surface area contributed by atoms with Gasteiger partial charge in [-0.05, 0) is 39.8 Å². The van der Waals surface area contributed by atoms with Crippen LogP contribution in [0.15, 0.2) is 18.2 Å².